The summed E-state index contributed by atoms with van der Waals surface area (Å²) in [4.78, 5) is 19.1. The molecule has 1 aliphatic heterocycles. The summed E-state index contributed by atoms with van der Waals surface area (Å²) in [5.41, 5.74) is 1.57. The molecule has 4 nitrogen and oxygen atoms in total. The minimum Gasteiger partial charge on any atom is -0.302 e. The fourth-order valence-electron chi connectivity index (χ4n) is 3.72. The third-order valence-electron chi connectivity index (χ3n) is 4.71. The number of carbonyl (C=O) groups is 1. The molecule has 2 heterocycles. The topological polar surface area (TPSA) is 45.2 Å². The number of thiazole rings is 1. The Morgan fingerprint density at radius 2 is 2.04 bits per heavy atom. The minimum atomic E-state index is -0.262. The highest BCUT2D eigenvalue weighted by Crippen LogP contribution is 2.24. The third-order valence-corrected chi connectivity index (χ3v) is 5.51. The van der Waals surface area contributed by atoms with E-state index in [1.54, 1.807) is 18.2 Å². The van der Waals surface area contributed by atoms with Gasteiger partial charge in [-0.05, 0) is 36.3 Å². The molecule has 140 valence electrons. The Bertz CT molecular complexity index is 738. The zero-order valence-corrected chi connectivity index (χ0v) is 16.2. The molecule has 2 atom stereocenters. The van der Waals surface area contributed by atoms with Gasteiger partial charge in [-0.25, -0.2) is 9.37 Å². The molecule has 0 saturated carbocycles. The number of piperidine rings is 1. The number of nitrogens with one attached hydrogen (secondary N) is 1. The molecule has 0 aliphatic carbocycles. The average Bonchev–Trinajstić information content (AvgIpc) is 3.00. The second kappa shape index (κ2) is 8.73. The second-order valence-corrected chi connectivity index (χ2v) is 8.28. The molecule has 1 aromatic heterocycles. The van der Waals surface area contributed by atoms with Gasteiger partial charge in [0.25, 0.3) is 0 Å². The van der Waals surface area contributed by atoms with E-state index in [1.165, 1.54) is 23.8 Å². The molecule has 1 N–H and O–H groups in total. The van der Waals surface area contributed by atoms with Crippen LogP contribution in [0.3, 0.4) is 0 Å². The number of likely N-dealkylation sites (tertiary alicyclic amines) is 1. The third kappa shape index (κ3) is 5.35. The molecule has 0 spiro atoms. The summed E-state index contributed by atoms with van der Waals surface area (Å²) in [5, 5.41) is 5.47. The lowest BCUT2D eigenvalue weighted by atomic mass is 9.92. The van der Waals surface area contributed by atoms with E-state index in [-0.39, 0.29) is 18.1 Å². The summed E-state index contributed by atoms with van der Waals surface area (Å²) in [6.45, 7) is 7.63. The number of amides is 1. The van der Waals surface area contributed by atoms with Crippen molar-refractivity contribution in [2.24, 2.45) is 11.8 Å². The number of rotatable bonds is 6. The first kappa shape index (κ1) is 19.0. The van der Waals surface area contributed by atoms with Crippen molar-refractivity contribution >= 4 is 22.4 Å². The molecule has 2 aromatic rings. The van der Waals surface area contributed by atoms with Crippen molar-refractivity contribution in [2.45, 2.75) is 39.7 Å². The van der Waals surface area contributed by atoms with E-state index >= 15 is 0 Å². The van der Waals surface area contributed by atoms with E-state index in [2.05, 4.69) is 29.0 Å². The molecule has 6 heteroatoms. The molecule has 1 saturated heterocycles. The Hall–Kier alpha value is -1.79. The van der Waals surface area contributed by atoms with Gasteiger partial charge in [0.2, 0.25) is 5.91 Å². The fourth-order valence-corrected chi connectivity index (χ4v) is 4.44. The van der Waals surface area contributed by atoms with Crippen LogP contribution in [-0.4, -0.2) is 28.9 Å². The predicted molar refractivity (Wildman–Crippen MR) is 104 cm³/mol. The van der Waals surface area contributed by atoms with Gasteiger partial charge in [-0.3, -0.25) is 9.69 Å². The summed E-state index contributed by atoms with van der Waals surface area (Å²) >= 11 is 1.45. The molecule has 1 aromatic carbocycles. The zero-order valence-electron chi connectivity index (χ0n) is 15.4. The number of hydrogen-bond acceptors (Lipinski definition) is 4. The molecule has 3 rings (SSSR count). The normalized spacial score (nSPS) is 20.9. The Morgan fingerprint density at radius 1 is 1.31 bits per heavy atom. The van der Waals surface area contributed by atoms with Crippen LogP contribution in [0.1, 0.15) is 37.9 Å². The van der Waals surface area contributed by atoms with Crippen molar-refractivity contribution in [1.82, 2.24) is 9.88 Å². The van der Waals surface area contributed by atoms with Gasteiger partial charge in [0.05, 0.1) is 5.69 Å². The van der Waals surface area contributed by atoms with Crippen LogP contribution in [0.2, 0.25) is 0 Å². The van der Waals surface area contributed by atoms with Gasteiger partial charge in [0.15, 0.2) is 5.13 Å². The Balaban J connectivity index is 1.48. The smallest absolute Gasteiger partial charge is 0.226 e. The second-order valence-electron chi connectivity index (χ2n) is 7.42. The van der Waals surface area contributed by atoms with Gasteiger partial charge >= 0.3 is 0 Å². The number of benzene rings is 1. The Labute approximate surface area is 158 Å². The van der Waals surface area contributed by atoms with Gasteiger partial charge in [-0.2, -0.15) is 0 Å². The molecule has 1 amide bonds. The molecule has 0 unspecified atom stereocenters. The minimum absolute atomic E-state index is 0.130. The number of nitrogens with zero attached hydrogens (tertiary/aromatic N) is 2. The van der Waals surface area contributed by atoms with Crippen molar-refractivity contribution in [3.8, 4) is 0 Å². The quantitative estimate of drug-likeness (QED) is 0.817. The summed E-state index contributed by atoms with van der Waals surface area (Å²) in [5.74, 6) is 1.04. The van der Waals surface area contributed by atoms with Gasteiger partial charge in [0, 0.05) is 31.4 Å². The lowest BCUT2D eigenvalue weighted by Crippen LogP contribution is -2.38. The zero-order chi connectivity index (χ0) is 18.5. The van der Waals surface area contributed by atoms with E-state index in [9.17, 15) is 9.18 Å². The van der Waals surface area contributed by atoms with Crippen LogP contribution < -0.4 is 5.32 Å². The van der Waals surface area contributed by atoms with Crippen molar-refractivity contribution in [3.05, 3.63) is 46.7 Å². The molecule has 26 heavy (non-hydrogen) atoms. The Kier molecular flexibility index (Phi) is 6.38. The van der Waals surface area contributed by atoms with Crippen LogP contribution in [0.15, 0.2) is 29.6 Å². The van der Waals surface area contributed by atoms with Crippen molar-refractivity contribution in [2.75, 3.05) is 18.4 Å². The highest BCUT2D eigenvalue weighted by atomic mass is 32.1. The van der Waals surface area contributed by atoms with Crippen LogP contribution in [0.25, 0.3) is 0 Å². The van der Waals surface area contributed by atoms with Gasteiger partial charge < -0.3 is 5.32 Å². The largest absolute Gasteiger partial charge is 0.302 e. The van der Waals surface area contributed by atoms with Gasteiger partial charge in [-0.1, -0.05) is 32.0 Å². The first-order chi connectivity index (χ1) is 12.5. The molecular formula is C20H26FN3OS. The lowest BCUT2D eigenvalue weighted by Gasteiger charge is -2.34. The van der Waals surface area contributed by atoms with Crippen LogP contribution in [0.5, 0.6) is 0 Å². The van der Waals surface area contributed by atoms with Crippen LogP contribution in [-0.2, 0) is 17.8 Å². The number of anilines is 1. The van der Waals surface area contributed by atoms with E-state index < -0.39 is 0 Å². The first-order valence-corrected chi connectivity index (χ1v) is 10.1. The predicted octanol–water partition coefficient (Wildman–Crippen LogP) is 4.33. The first-order valence-electron chi connectivity index (χ1n) is 9.19. The molecular weight excluding hydrogens is 349 g/mol. The standard InChI is InChI=1S/C20H26FN3OS/c1-14-9-15(2)11-24(10-14)12-17-13-26-20(22-17)23-19(25)8-7-16-5-3-4-6-18(16)21/h3-6,13-15H,7-12H2,1-2H3,(H,22,23,25)/t14-,15-/m0/s1. The maximum Gasteiger partial charge on any atom is 0.226 e. The van der Waals surface area contributed by atoms with Crippen LogP contribution in [0.4, 0.5) is 9.52 Å². The summed E-state index contributed by atoms with van der Waals surface area (Å²) < 4.78 is 13.6. The number of hydrogen-bond donors (Lipinski definition) is 1. The average molecular weight is 376 g/mol. The van der Waals surface area contributed by atoms with E-state index in [4.69, 9.17) is 0 Å². The van der Waals surface area contributed by atoms with Gasteiger partial charge in [-0.15, -0.1) is 11.3 Å². The number of halogens is 1. The number of aryl methyl sites for hydroxylation is 1. The highest BCUT2D eigenvalue weighted by Gasteiger charge is 2.22. The Morgan fingerprint density at radius 3 is 2.77 bits per heavy atom. The number of aromatic nitrogens is 1. The highest BCUT2D eigenvalue weighted by molar-refractivity contribution is 7.13. The van der Waals surface area contributed by atoms with Crippen molar-refractivity contribution in [1.29, 1.82) is 0 Å². The van der Waals surface area contributed by atoms with Crippen LogP contribution >= 0.6 is 11.3 Å². The molecule has 0 radical (unpaired) electrons. The maximum atomic E-state index is 13.6. The SMILES string of the molecule is C[C@H]1C[C@H](C)CN(Cc2csc(NC(=O)CCc3ccccc3F)n2)C1. The summed E-state index contributed by atoms with van der Waals surface area (Å²) in [6, 6.07) is 6.57. The maximum absolute atomic E-state index is 13.6. The van der Waals surface area contributed by atoms with E-state index in [0.717, 1.165) is 37.2 Å². The number of carbonyl (C=O) groups excluding carboxylic acids is 1. The monoisotopic (exact) mass is 375 g/mol. The van der Waals surface area contributed by atoms with Crippen LogP contribution in [0, 0.1) is 17.7 Å². The summed E-state index contributed by atoms with van der Waals surface area (Å²) in [7, 11) is 0. The molecule has 1 aliphatic rings. The van der Waals surface area contributed by atoms with Gasteiger partial charge in [0.1, 0.15) is 5.82 Å². The van der Waals surface area contributed by atoms with E-state index in [1.807, 2.05) is 5.38 Å². The summed E-state index contributed by atoms with van der Waals surface area (Å²) in [6.07, 6.45) is 1.92. The van der Waals surface area contributed by atoms with E-state index in [0.29, 0.717) is 17.1 Å². The fraction of sp³-hybridized carbons (Fsp3) is 0.500. The van der Waals surface area contributed by atoms with Crippen molar-refractivity contribution in [3.63, 3.8) is 0 Å². The van der Waals surface area contributed by atoms with Crippen molar-refractivity contribution < 1.29 is 9.18 Å². The lowest BCUT2D eigenvalue weighted by molar-refractivity contribution is -0.116. The molecule has 0 bridgehead atoms. The molecule has 1 fully saturated rings.